The Bertz CT molecular complexity index is 564. The van der Waals surface area contributed by atoms with Crippen molar-refractivity contribution >= 4 is 11.6 Å². The van der Waals surface area contributed by atoms with Crippen molar-refractivity contribution in [2.24, 2.45) is 0 Å². The van der Waals surface area contributed by atoms with Gasteiger partial charge in [-0.2, -0.15) is 5.10 Å². The van der Waals surface area contributed by atoms with E-state index in [0.717, 1.165) is 0 Å². The Morgan fingerprint density at radius 2 is 2.00 bits per heavy atom. The molecule has 102 valence electrons. The molecule has 0 amide bonds. The van der Waals surface area contributed by atoms with E-state index >= 15 is 0 Å². The molecule has 19 heavy (non-hydrogen) atoms. The lowest BCUT2D eigenvalue weighted by Gasteiger charge is -2.09. The van der Waals surface area contributed by atoms with Crippen LogP contribution in [0.1, 0.15) is 38.5 Å². The lowest BCUT2D eigenvalue weighted by atomic mass is 10.1. The summed E-state index contributed by atoms with van der Waals surface area (Å²) in [6.07, 6.45) is 2.91. The standard InChI is InChI=1S/C14H17ClN2O2/c1-9(2)17-8-12(7-16-17)19-11-4-5-13(10(3)18)14(15)6-11/h4-10,18H,1-3H3. The molecule has 1 N–H and O–H groups in total. The van der Waals surface area contributed by atoms with Crippen LogP contribution in [0, 0.1) is 0 Å². The average Bonchev–Trinajstić information content (AvgIpc) is 2.77. The largest absolute Gasteiger partial charge is 0.454 e. The van der Waals surface area contributed by atoms with Crippen molar-refractivity contribution in [2.75, 3.05) is 0 Å². The first-order chi connectivity index (χ1) is 8.97. The van der Waals surface area contributed by atoms with Gasteiger partial charge in [0.15, 0.2) is 5.75 Å². The highest BCUT2D eigenvalue weighted by atomic mass is 35.5. The highest BCUT2D eigenvalue weighted by Gasteiger charge is 2.09. The number of halogens is 1. The van der Waals surface area contributed by atoms with Crippen LogP contribution in [0.15, 0.2) is 30.6 Å². The monoisotopic (exact) mass is 280 g/mol. The highest BCUT2D eigenvalue weighted by Crippen LogP contribution is 2.29. The van der Waals surface area contributed by atoms with Gasteiger partial charge in [-0.3, -0.25) is 4.68 Å². The third-order valence-corrected chi connectivity index (χ3v) is 3.09. The van der Waals surface area contributed by atoms with Crippen molar-refractivity contribution < 1.29 is 9.84 Å². The fraction of sp³-hybridized carbons (Fsp3) is 0.357. The maximum atomic E-state index is 9.51. The Morgan fingerprint density at radius 3 is 2.53 bits per heavy atom. The zero-order valence-electron chi connectivity index (χ0n) is 11.2. The minimum atomic E-state index is -0.592. The molecule has 0 aliphatic rings. The van der Waals surface area contributed by atoms with Crippen LogP contribution >= 0.6 is 11.6 Å². The second kappa shape index (κ2) is 5.63. The Morgan fingerprint density at radius 1 is 1.26 bits per heavy atom. The van der Waals surface area contributed by atoms with Gasteiger partial charge < -0.3 is 9.84 Å². The minimum Gasteiger partial charge on any atom is -0.454 e. The zero-order valence-corrected chi connectivity index (χ0v) is 11.9. The van der Waals surface area contributed by atoms with E-state index in [2.05, 4.69) is 5.10 Å². The molecule has 0 saturated heterocycles. The van der Waals surface area contributed by atoms with Gasteiger partial charge in [0.25, 0.3) is 0 Å². The van der Waals surface area contributed by atoms with Crippen LogP contribution in [0.5, 0.6) is 11.5 Å². The topological polar surface area (TPSA) is 47.3 Å². The van der Waals surface area contributed by atoms with Gasteiger partial charge in [0.1, 0.15) is 5.75 Å². The van der Waals surface area contributed by atoms with Gasteiger partial charge in [-0.15, -0.1) is 0 Å². The molecule has 2 rings (SSSR count). The fourth-order valence-corrected chi connectivity index (χ4v) is 2.03. The summed E-state index contributed by atoms with van der Waals surface area (Å²) in [4.78, 5) is 0. The van der Waals surface area contributed by atoms with Crippen LogP contribution in [-0.2, 0) is 0 Å². The lowest BCUT2D eigenvalue weighted by molar-refractivity contribution is 0.199. The molecule has 0 radical (unpaired) electrons. The highest BCUT2D eigenvalue weighted by molar-refractivity contribution is 6.31. The number of aliphatic hydroxyl groups excluding tert-OH is 1. The molecule has 0 fully saturated rings. The summed E-state index contributed by atoms with van der Waals surface area (Å²) >= 11 is 6.09. The molecule has 0 spiro atoms. The van der Waals surface area contributed by atoms with Gasteiger partial charge in [-0.05, 0) is 38.5 Å². The maximum absolute atomic E-state index is 9.51. The summed E-state index contributed by atoms with van der Waals surface area (Å²) in [5.41, 5.74) is 0.687. The molecule has 0 bridgehead atoms. The fourth-order valence-electron chi connectivity index (χ4n) is 1.70. The number of hydrogen-bond donors (Lipinski definition) is 1. The summed E-state index contributed by atoms with van der Waals surface area (Å²) < 4.78 is 7.50. The first-order valence-corrected chi connectivity index (χ1v) is 6.54. The molecule has 1 aromatic heterocycles. The maximum Gasteiger partial charge on any atom is 0.165 e. The molecule has 0 aliphatic heterocycles. The predicted octanol–water partition coefficient (Wildman–Crippen LogP) is 3.96. The third-order valence-electron chi connectivity index (χ3n) is 2.76. The van der Waals surface area contributed by atoms with Gasteiger partial charge in [0.2, 0.25) is 0 Å². The van der Waals surface area contributed by atoms with E-state index in [-0.39, 0.29) is 0 Å². The normalized spacial score (nSPS) is 12.7. The number of hydrogen-bond acceptors (Lipinski definition) is 3. The second-order valence-corrected chi connectivity index (χ2v) is 5.12. The van der Waals surface area contributed by atoms with Gasteiger partial charge in [0, 0.05) is 6.04 Å². The first-order valence-electron chi connectivity index (χ1n) is 6.17. The van der Waals surface area contributed by atoms with Crippen LogP contribution in [-0.4, -0.2) is 14.9 Å². The van der Waals surface area contributed by atoms with Gasteiger partial charge >= 0.3 is 0 Å². The Hall–Kier alpha value is -1.52. The quantitative estimate of drug-likeness (QED) is 0.922. The molecule has 0 aliphatic carbocycles. The van der Waals surface area contributed by atoms with E-state index in [9.17, 15) is 5.11 Å². The smallest absolute Gasteiger partial charge is 0.165 e. The molecule has 2 aromatic rings. The van der Waals surface area contributed by atoms with Crippen LogP contribution in [0.25, 0.3) is 0 Å². The summed E-state index contributed by atoms with van der Waals surface area (Å²) in [6.45, 7) is 5.77. The van der Waals surface area contributed by atoms with Crippen molar-refractivity contribution in [3.05, 3.63) is 41.2 Å². The Kier molecular flexibility index (Phi) is 4.12. The number of aliphatic hydroxyl groups is 1. The molecular weight excluding hydrogens is 264 g/mol. The summed E-state index contributed by atoms with van der Waals surface area (Å²) in [6, 6.07) is 5.52. The van der Waals surface area contributed by atoms with Gasteiger partial charge in [-0.25, -0.2) is 0 Å². The summed E-state index contributed by atoms with van der Waals surface area (Å²) in [5.74, 6) is 1.28. The van der Waals surface area contributed by atoms with Crippen molar-refractivity contribution in [2.45, 2.75) is 32.9 Å². The van der Waals surface area contributed by atoms with Gasteiger partial charge in [-0.1, -0.05) is 17.7 Å². The van der Waals surface area contributed by atoms with Crippen LogP contribution < -0.4 is 4.74 Å². The van der Waals surface area contributed by atoms with Crippen molar-refractivity contribution in [3.8, 4) is 11.5 Å². The molecule has 1 heterocycles. The van der Waals surface area contributed by atoms with Crippen LogP contribution in [0.2, 0.25) is 5.02 Å². The van der Waals surface area contributed by atoms with E-state index in [0.29, 0.717) is 28.1 Å². The van der Waals surface area contributed by atoms with Crippen molar-refractivity contribution in [1.29, 1.82) is 0 Å². The SMILES string of the molecule is CC(O)c1ccc(Oc2cnn(C(C)C)c2)cc1Cl. The molecule has 5 heteroatoms. The number of nitrogens with zero attached hydrogens (tertiary/aromatic N) is 2. The van der Waals surface area contributed by atoms with E-state index < -0.39 is 6.10 Å². The summed E-state index contributed by atoms with van der Waals surface area (Å²) in [5, 5.41) is 14.2. The Balaban J connectivity index is 2.16. The van der Waals surface area contributed by atoms with E-state index in [1.165, 1.54) is 0 Å². The number of ether oxygens (including phenoxy) is 1. The molecule has 1 aromatic carbocycles. The lowest BCUT2D eigenvalue weighted by Crippen LogP contribution is -1.99. The van der Waals surface area contributed by atoms with Gasteiger partial charge in [0.05, 0.1) is 23.5 Å². The second-order valence-electron chi connectivity index (χ2n) is 4.71. The predicted molar refractivity (Wildman–Crippen MR) is 74.8 cm³/mol. The average molecular weight is 281 g/mol. The first kappa shape index (κ1) is 13.9. The molecule has 1 atom stereocenters. The zero-order chi connectivity index (χ0) is 14.0. The minimum absolute atomic E-state index is 0.290. The van der Waals surface area contributed by atoms with Crippen molar-refractivity contribution in [1.82, 2.24) is 9.78 Å². The number of rotatable bonds is 4. The van der Waals surface area contributed by atoms with Crippen molar-refractivity contribution in [3.63, 3.8) is 0 Å². The molecular formula is C14H17ClN2O2. The van der Waals surface area contributed by atoms with Crippen LogP contribution in [0.3, 0.4) is 0 Å². The third kappa shape index (κ3) is 3.28. The van der Waals surface area contributed by atoms with E-state index in [1.807, 2.05) is 24.7 Å². The molecule has 1 unspecified atom stereocenters. The Labute approximate surface area is 117 Å². The number of benzene rings is 1. The van der Waals surface area contributed by atoms with Crippen LogP contribution in [0.4, 0.5) is 0 Å². The molecule has 4 nitrogen and oxygen atoms in total. The molecule has 0 saturated carbocycles. The summed E-state index contributed by atoms with van der Waals surface area (Å²) in [7, 11) is 0. The van der Waals surface area contributed by atoms with E-state index in [4.69, 9.17) is 16.3 Å². The van der Waals surface area contributed by atoms with E-state index in [1.54, 1.807) is 31.3 Å². The number of aromatic nitrogens is 2.